The number of piperidine rings is 1. The Morgan fingerprint density at radius 3 is 2.17 bits per heavy atom. The molecule has 6 nitrogen and oxygen atoms in total. The van der Waals surface area contributed by atoms with Crippen LogP contribution in [0.3, 0.4) is 0 Å². The Morgan fingerprint density at radius 2 is 1.62 bits per heavy atom. The summed E-state index contributed by atoms with van der Waals surface area (Å²) in [4.78, 5) is 27.3. The maximum absolute atomic E-state index is 12.0. The highest BCUT2D eigenvalue weighted by molar-refractivity contribution is 6.74. The van der Waals surface area contributed by atoms with E-state index < -0.39 is 8.32 Å². The van der Waals surface area contributed by atoms with Crippen LogP contribution in [0.15, 0.2) is 24.3 Å². The first-order valence-corrected chi connectivity index (χ1v) is 13.6. The molecule has 2 aliphatic rings. The smallest absolute Gasteiger partial charge is 0.328 e. The number of hydrogen-bond acceptors (Lipinski definition) is 4. The first-order chi connectivity index (χ1) is 13.6. The fourth-order valence-electron chi connectivity index (χ4n) is 3.55. The highest BCUT2D eigenvalue weighted by Gasteiger charge is 2.37. The number of urea groups is 1. The van der Waals surface area contributed by atoms with Gasteiger partial charge in [-0.2, -0.15) is 0 Å². The Labute approximate surface area is 175 Å². The van der Waals surface area contributed by atoms with E-state index in [1.165, 1.54) is 5.69 Å². The maximum atomic E-state index is 12.0. The molecule has 0 radical (unpaired) electrons. The summed E-state index contributed by atoms with van der Waals surface area (Å²) in [6.07, 6.45) is 2.64. The van der Waals surface area contributed by atoms with Crippen molar-refractivity contribution in [2.24, 2.45) is 5.92 Å². The molecule has 160 valence electrons. The summed E-state index contributed by atoms with van der Waals surface area (Å²) in [5.41, 5.74) is 2.02. The Bertz CT molecular complexity index is 735. The Balaban J connectivity index is 1.51. The molecule has 2 aliphatic heterocycles. The van der Waals surface area contributed by atoms with Crippen molar-refractivity contribution in [1.29, 1.82) is 0 Å². The minimum atomic E-state index is -1.67. The minimum absolute atomic E-state index is 0.205. The van der Waals surface area contributed by atoms with Crippen molar-refractivity contribution >= 4 is 31.6 Å². The van der Waals surface area contributed by atoms with Crippen LogP contribution >= 0.6 is 0 Å². The van der Waals surface area contributed by atoms with E-state index in [-0.39, 0.29) is 17.0 Å². The number of benzene rings is 1. The van der Waals surface area contributed by atoms with E-state index in [4.69, 9.17) is 4.43 Å². The van der Waals surface area contributed by atoms with Gasteiger partial charge in [0.2, 0.25) is 5.91 Å². The molecule has 1 N–H and O–H groups in total. The first kappa shape index (κ1) is 21.8. The topological polar surface area (TPSA) is 61.9 Å². The van der Waals surface area contributed by atoms with Gasteiger partial charge in [-0.05, 0) is 61.2 Å². The highest BCUT2D eigenvalue weighted by Crippen LogP contribution is 2.37. The zero-order valence-electron chi connectivity index (χ0n) is 18.5. The SMILES string of the molecule is CC(C)(C)[Si](C)(C)OCC1CCN(c2ccc(N3CCC(=O)NC3=O)cc2)CC1. The molecule has 2 heterocycles. The largest absolute Gasteiger partial charge is 0.417 e. The summed E-state index contributed by atoms with van der Waals surface area (Å²) >= 11 is 0. The Kier molecular flexibility index (Phi) is 6.38. The van der Waals surface area contributed by atoms with Crippen LogP contribution in [0.25, 0.3) is 0 Å². The van der Waals surface area contributed by atoms with Crippen molar-refractivity contribution in [3.05, 3.63) is 24.3 Å². The summed E-state index contributed by atoms with van der Waals surface area (Å²) in [7, 11) is -1.67. The second kappa shape index (κ2) is 8.48. The number of amides is 3. The molecule has 0 bridgehead atoms. The third-order valence-electron chi connectivity index (χ3n) is 6.68. The van der Waals surface area contributed by atoms with Gasteiger partial charge in [-0.25, -0.2) is 4.79 Å². The molecule has 7 heteroatoms. The van der Waals surface area contributed by atoms with Crippen molar-refractivity contribution in [2.75, 3.05) is 36.0 Å². The summed E-state index contributed by atoms with van der Waals surface area (Å²) in [6.45, 7) is 14.9. The molecule has 3 amide bonds. The second-order valence-electron chi connectivity index (χ2n) is 9.77. The average molecular weight is 418 g/mol. The van der Waals surface area contributed by atoms with E-state index in [0.29, 0.717) is 18.9 Å². The van der Waals surface area contributed by atoms with Gasteiger partial charge in [0.1, 0.15) is 0 Å². The zero-order chi connectivity index (χ0) is 21.2. The minimum Gasteiger partial charge on any atom is -0.417 e. The molecule has 0 unspecified atom stereocenters. The summed E-state index contributed by atoms with van der Waals surface area (Å²) in [5.74, 6) is 0.428. The first-order valence-electron chi connectivity index (χ1n) is 10.7. The number of anilines is 2. The Hall–Kier alpha value is -1.86. The van der Waals surface area contributed by atoms with E-state index >= 15 is 0 Å². The van der Waals surface area contributed by atoms with Crippen LogP contribution in [-0.4, -0.2) is 46.5 Å². The quantitative estimate of drug-likeness (QED) is 0.723. The lowest BCUT2D eigenvalue weighted by Crippen LogP contribution is -2.49. The van der Waals surface area contributed by atoms with E-state index in [0.717, 1.165) is 38.2 Å². The predicted octanol–water partition coefficient (Wildman–Crippen LogP) is 4.37. The summed E-state index contributed by atoms with van der Waals surface area (Å²) in [5, 5.41) is 2.63. The van der Waals surface area contributed by atoms with Crippen molar-refractivity contribution < 1.29 is 14.0 Å². The third kappa shape index (κ3) is 5.20. The lowest BCUT2D eigenvalue weighted by Gasteiger charge is -2.39. The molecule has 0 saturated carbocycles. The van der Waals surface area contributed by atoms with E-state index in [2.05, 4.69) is 56.2 Å². The molecule has 1 aromatic carbocycles. The van der Waals surface area contributed by atoms with Crippen LogP contribution in [0.2, 0.25) is 18.1 Å². The van der Waals surface area contributed by atoms with Gasteiger partial charge in [0, 0.05) is 44.0 Å². The average Bonchev–Trinajstić information content (AvgIpc) is 2.66. The van der Waals surface area contributed by atoms with Crippen LogP contribution in [0.4, 0.5) is 16.2 Å². The monoisotopic (exact) mass is 417 g/mol. The number of nitrogens with one attached hydrogen (secondary N) is 1. The highest BCUT2D eigenvalue weighted by atomic mass is 28.4. The lowest BCUT2D eigenvalue weighted by molar-refractivity contribution is -0.120. The van der Waals surface area contributed by atoms with E-state index in [9.17, 15) is 9.59 Å². The molecule has 2 saturated heterocycles. The van der Waals surface area contributed by atoms with Crippen LogP contribution < -0.4 is 15.1 Å². The number of imide groups is 1. The molecule has 2 fully saturated rings. The Morgan fingerprint density at radius 1 is 1.03 bits per heavy atom. The number of carbonyl (C=O) groups is 2. The van der Waals surface area contributed by atoms with E-state index in [1.54, 1.807) is 4.90 Å². The summed E-state index contributed by atoms with van der Waals surface area (Å²) < 4.78 is 6.43. The van der Waals surface area contributed by atoms with Crippen LogP contribution in [-0.2, 0) is 9.22 Å². The number of carbonyl (C=O) groups excluding carboxylic acids is 2. The molecule has 29 heavy (non-hydrogen) atoms. The predicted molar refractivity (Wildman–Crippen MR) is 120 cm³/mol. The molecule has 3 rings (SSSR count). The molecule has 0 aliphatic carbocycles. The van der Waals surface area contributed by atoms with Gasteiger partial charge >= 0.3 is 6.03 Å². The van der Waals surface area contributed by atoms with Gasteiger partial charge in [-0.15, -0.1) is 0 Å². The summed E-state index contributed by atoms with van der Waals surface area (Å²) in [6, 6.07) is 7.75. The van der Waals surface area contributed by atoms with Gasteiger partial charge < -0.3 is 9.33 Å². The lowest BCUT2D eigenvalue weighted by atomic mass is 9.97. The number of nitrogens with zero attached hydrogens (tertiary/aromatic N) is 2. The van der Waals surface area contributed by atoms with Crippen molar-refractivity contribution in [3.63, 3.8) is 0 Å². The fourth-order valence-corrected chi connectivity index (χ4v) is 4.64. The molecular weight excluding hydrogens is 382 g/mol. The molecular formula is C22H35N3O3Si. The fraction of sp³-hybridized carbons (Fsp3) is 0.636. The van der Waals surface area contributed by atoms with Gasteiger partial charge in [0.15, 0.2) is 8.32 Å². The third-order valence-corrected chi connectivity index (χ3v) is 11.2. The normalized spacial score (nSPS) is 19.5. The molecule has 0 spiro atoms. The van der Waals surface area contributed by atoms with Crippen LogP contribution in [0, 0.1) is 5.92 Å². The van der Waals surface area contributed by atoms with Crippen LogP contribution in [0.5, 0.6) is 0 Å². The van der Waals surface area contributed by atoms with Gasteiger partial charge in [0.25, 0.3) is 0 Å². The molecule has 0 atom stereocenters. The second-order valence-corrected chi connectivity index (χ2v) is 14.6. The van der Waals surface area contributed by atoms with Gasteiger partial charge in [-0.1, -0.05) is 20.8 Å². The maximum Gasteiger partial charge on any atom is 0.328 e. The molecule has 0 aromatic heterocycles. The van der Waals surface area contributed by atoms with Crippen molar-refractivity contribution in [3.8, 4) is 0 Å². The van der Waals surface area contributed by atoms with Crippen LogP contribution in [0.1, 0.15) is 40.0 Å². The van der Waals surface area contributed by atoms with Crippen molar-refractivity contribution in [1.82, 2.24) is 5.32 Å². The van der Waals surface area contributed by atoms with E-state index in [1.807, 2.05) is 12.1 Å². The van der Waals surface area contributed by atoms with Gasteiger partial charge in [-0.3, -0.25) is 15.0 Å². The van der Waals surface area contributed by atoms with Gasteiger partial charge in [0.05, 0.1) is 0 Å². The zero-order valence-corrected chi connectivity index (χ0v) is 19.5. The standard InChI is InChI=1S/C22H35N3O3Si/c1-22(2,3)29(4,5)28-16-17-10-13-24(14-11-17)18-6-8-19(9-7-18)25-15-12-20(26)23-21(25)27/h6-9,17H,10-16H2,1-5H3,(H,23,26,27). The molecule has 1 aromatic rings. The number of rotatable bonds is 5. The number of hydrogen-bond donors (Lipinski definition) is 1. The van der Waals surface area contributed by atoms with Crippen molar-refractivity contribution in [2.45, 2.75) is 58.2 Å².